The third-order valence-corrected chi connectivity index (χ3v) is 5.18. The molecule has 1 N–H and O–H groups in total. The van der Waals surface area contributed by atoms with Crippen molar-refractivity contribution in [1.29, 1.82) is 0 Å². The van der Waals surface area contributed by atoms with Gasteiger partial charge in [0.05, 0.1) is 20.7 Å². The minimum absolute atomic E-state index is 0.00441. The van der Waals surface area contributed by atoms with Crippen molar-refractivity contribution in [3.8, 4) is 0 Å². The lowest BCUT2D eigenvalue weighted by molar-refractivity contribution is -0.139. The summed E-state index contributed by atoms with van der Waals surface area (Å²) in [5.74, 6) is -2.26. The second-order valence-electron chi connectivity index (χ2n) is 3.77. The van der Waals surface area contributed by atoms with Crippen LogP contribution >= 0.6 is 11.6 Å². The third-order valence-electron chi connectivity index (χ3n) is 2.67. The fourth-order valence-corrected chi connectivity index (χ4v) is 4.08. The fourth-order valence-electron chi connectivity index (χ4n) is 1.75. The normalized spacial score (nSPS) is 18.4. The van der Waals surface area contributed by atoms with E-state index >= 15 is 0 Å². The predicted molar refractivity (Wildman–Crippen MR) is 63.4 cm³/mol. The summed E-state index contributed by atoms with van der Waals surface area (Å²) in [5.41, 5.74) is 0.445. The van der Waals surface area contributed by atoms with Crippen molar-refractivity contribution < 1.29 is 18.3 Å². The molecule has 4 nitrogen and oxygen atoms in total. The van der Waals surface area contributed by atoms with Crippen LogP contribution in [-0.4, -0.2) is 19.5 Å². The van der Waals surface area contributed by atoms with Crippen LogP contribution in [0.3, 0.4) is 0 Å². The zero-order valence-electron chi connectivity index (χ0n) is 8.84. The Morgan fingerprint density at radius 1 is 1.41 bits per heavy atom. The summed E-state index contributed by atoms with van der Waals surface area (Å²) in [5, 5.41) is 9.00. The Morgan fingerprint density at radius 3 is 2.59 bits per heavy atom. The molecule has 17 heavy (non-hydrogen) atoms. The second kappa shape index (κ2) is 3.85. The number of hydrogen-bond acceptors (Lipinski definition) is 3. The van der Waals surface area contributed by atoms with Crippen LogP contribution in [0.1, 0.15) is 12.5 Å². The van der Waals surface area contributed by atoms with Crippen LogP contribution in [0.5, 0.6) is 0 Å². The molecule has 90 valence electrons. The number of sulfone groups is 1. The summed E-state index contributed by atoms with van der Waals surface area (Å²) >= 11 is 5.84. The molecule has 0 saturated carbocycles. The van der Waals surface area contributed by atoms with E-state index in [1.807, 2.05) is 0 Å². The highest BCUT2D eigenvalue weighted by atomic mass is 35.5. The molecule has 0 aliphatic carbocycles. The average Bonchev–Trinajstić information content (AvgIpc) is 2.50. The van der Waals surface area contributed by atoms with E-state index in [9.17, 15) is 13.2 Å². The van der Waals surface area contributed by atoms with Gasteiger partial charge in [-0.05, 0) is 24.6 Å². The molecule has 0 bridgehead atoms. The number of rotatable bonds is 2. The molecule has 1 atom stereocenters. The van der Waals surface area contributed by atoms with Gasteiger partial charge in [0.15, 0.2) is 0 Å². The summed E-state index contributed by atoms with van der Waals surface area (Å²) in [6.07, 6.45) is 1.37. The van der Waals surface area contributed by atoms with Crippen molar-refractivity contribution in [2.75, 3.05) is 0 Å². The number of benzene rings is 1. The molecule has 6 heteroatoms. The molecule has 1 aliphatic rings. The van der Waals surface area contributed by atoms with Crippen molar-refractivity contribution in [2.24, 2.45) is 5.92 Å². The number of fused-ring (bicyclic) bond motifs is 1. The minimum Gasteiger partial charge on any atom is -0.481 e. The van der Waals surface area contributed by atoms with Crippen molar-refractivity contribution in [2.45, 2.75) is 11.8 Å². The zero-order valence-corrected chi connectivity index (χ0v) is 10.4. The van der Waals surface area contributed by atoms with E-state index in [-0.39, 0.29) is 14.8 Å². The quantitative estimate of drug-likeness (QED) is 0.896. The molecule has 0 aromatic heterocycles. The van der Waals surface area contributed by atoms with Gasteiger partial charge >= 0.3 is 5.97 Å². The Labute approximate surface area is 103 Å². The Balaban J connectivity index is 2.66. The van der Waals surface area contributed by atoms with Gasteiger partial charge in [-0.2, -0.15) is 0 Å². The van der Waals surface area contributed by atoms with Gasteiger partial charge in [-0.25, -0.2) is 8.42 Å². The maximum atomic E-state index is 12.1. The average molecular weight is 273 g/mol. The van der Waals surface area contributed by atoms with E-state index in [2.05, 4.69) is 0 Å². The van der Waals surface area contributed by atoms with Crippen LogP contribution in [-0.2, 0) is 14.6 Å². The Hall–Kier alpha value is -1.33. The molecular weight excluding hydrogens is 264 g/mol. The topological polar surface area (TPSA) is 71.4 Å². The highest BCUT2D eigenvalue weighted by molar-refractivity contribution is 7.96. The van der Waals surface area contributed by atoms with Crippen LogP contribution in [0, 0.1) is 5.92 Å². The molecule has 0 amide bonds. The van der Waals surface area contributed by atoms with E-state index in [1.165, 1.54) is 19.1 Å². The van der Waals surface area contributed by atoms with E-state index in [4.69, 9.17) is 16.7 Å². The van der Waals surface area contributed by atoms with Crippen molar-refractivity contribution in [3.05, 3.63) is 33.7 Å². The van der Waals surface area contributed by atoms with Crippen molar-refractivity contribution >= 4 is 33.5 Å². The summed E-state index contributed by atoms with van der Waals surface area (Å²) < 4.78 is 24.3. The smallest absolute Gasteiger partial charge is 0.311 e. The highest BCUT2D eigenvalue weighted by Crippen LogP contribution is 2.40. The summed E-state index contributed by atoms with van der Waals surface area (Å²) in [7, 11) is -3.77. The van der Waals surface area contributed by atoms with Crippen LogP contribution < -0.4 is 0 Å². The Kier molecular flexibility index (Phi) is 2.75. The number of aliphatic carboxylic acids is 1. The molecule has 0 radical (unpaired) electrons. The minimum atomic E-state index is -3.77. The maximum absolute atomic E-state index is 12.1. The lowest BCUT2D eigenvalue weighted by atomic mass is 10.1. The van der Waals surface area contributed by atoms with Gasteiger partial charge < -0.3 is 5.11 Å². The number of carboxylic acid groups (broad SMARTS) is 1. The first kappa shape index (κ1) is 12.1. The third kappa shape index (κ3) is 1.75. The first-order chi connectivity index (χ1) is 7.85. The van der Waals surface area contributed by atoms with Gasteiger partial charge in [-0.1, -0.05) is 23.7 Å². The van der Waals surface area contributed by atoms with Crippen LogP contribution in [0.2, 0.25) is 5.02 Å². The number of carbonyl (C=O) groups is 1. The second-order valence-corrected chi connectivity index (χ2v) is 6.06. The van der Waals surface area contributed by atoms with E-state index in [0.717, 1.165) is 0 Å². The molecule has 1 aliphatic heterocycles. The molecule has 0 spiro atoms. The molecular formula is C11H9ClO4S. The van der Waals surface area contributed by atoms with Gasteiger partial charge in [0.25, 0.3) is 0 Å². The van der Waals surface area contributed by atoms with Crippen molar-refractivity contribution in [3.63, 3.8) is 0 Å². The summed E-state index contributed by atoms with van der Waals surface area (Å²) in [6.45, 7) is 1.34. The van der Waals surface area contributed by atoms with Gasteiger partial charge in [0, 0.05) is 0 Å². The van der Waals surface area contributed by atoms with Gasteiger partial charge in [-0.15, -0.1) is 0 Å². The van der Waals surface area contributed by atoms with Crippen LogP contribution in [0.25, 0.3) is 6.08 Å². The lowest BCUT2D eigenvalue weighted by Gasteiger charge is -2.08. The Bertz CT molecular complexity index is 631. The zero-order chi connectivity index (χ0) is 12.8. The summed E-state index contributed by atoms with van der Waals surface area (Å²) in [6, 6.07) is 4.70. The number of carboxylic acids is 1. The number of hydrogen-bond donors (Lipinski definition) is 1. The molecule has 1 aromatic carbocycles. The monoisotopic (exact) mass is 272 g/mol. The largest absolute Gasteiger partial charge is 0.481 e. The van der Waals surface area contributed by atoms with Crippen LogP contribution in [0.15, 0.2) is 28.0 Å². The van der Waals surface area contributed by atoms with E-state index < -0.39 is 21.7 Å². The van der Waals surface area contributed by atoms with E-state index in [0.29, 0.717) is 5.56 Å². The lowest BCUT2D eigenvalue weighted by Crippen LogP contribution is -2.16. The highest BCUT2D eigenvalue weighted by Gasteiger charge is 2.37. The van der Waals surface area contributed by atoms with E-state index in [1.54, 1.807) is 12.1 Å². The first-order valence-electron chi connectivity index (χ1n) is 4.83. The van der Waals surface area contributed by atoms with Gasteiger partial charge in [0.1, 0.15) is 0 Å². The predicted octanol–water partition coefficient (Wildman–Crippen LogP) is 2.19. The van der Waals surface area contributed by atoms with Gasteiger partial charge in [-0.3, -0.25) is 4.79 Å². The van der Waals surface area contributed by atoms with Crippen LogP contribution in [0.4, 0.5) is 0 Å². The summed E-state index contributed by atoms with van der Waals surface area (Å²) in [4.78, 5) is 10.8. The first-order valence-corrected chi connectivity index (χ1v) is 6.70. The fraction of sp³-hybridized carbons (Fsp3) is 0.182. The molecule has 0 fully saturated rings. The molecule has 1 aromatic rings. The number of halogens is 1. The standard InChI is InChI=1S/C11H9ClO4S/c1-6(11(13)14)9-5-7-3-2-4-8(12)10(7)17(9,15)16/h2-6H,1H3,(H,13,14). The molecule has 2 rings (SSSR count). The SMILES string of the molecule is CC(C(=O)O)C1=Cc2cccc(Cl)c2S1(=O)=O. The molecule has 0 saturated heterocycles. The Morgan fingerprint density at radius 2 is 2.06 bits per heavy atom. The van der Waals surface area contributed by atoms with Gasteiger partial charge in [0.2, 0.25) is 9.84 Å². The molecule has 1 unspecified atom stereocenters. The molecule has 1 heterocycles. The van der Waals surface area contributed by atoms with Crippen molar-refractivity contribution in [1.82, 2.24) is 0 Å². The maximum Gasteiger partial charge on any atom is 0.311 e.